The highest BCUT2D eigenvalue weighted by molar-refractivity contribution is 6.53. The highest BCUT2D eigenvalue weighted by Crippen LogP contribution is 2.24. The van der Waals surface area contributed by atoms with Gasteiger partial charge in [0.15, 0.2) is 10.6 Å². The number of rotatable bonds is 7. The van der Waals surface area contributed by atoms with Crippen molar-refractivity contribution in [2.45, 2.75) is 23.5 Å². The first-order valence-corrected chi connectivity index (χ1v) is 7.91. The summed E-state index contributed by atoms with van der Waals surface area (Å²) in [5, 5.41) is 12.5. The second kappa shape index (κ2) is 8.43. The average Bonchev–Trinajstić information content (AvgIpc) is 3.08. The molecule has 130 valence electrons. The van der Waals surface area contributed by atoms with Gasteiger partial charge in [0, 0.05) is 5.56 Å². The number of alkyl halides is 3. The number of amides is 1. The van der Waals surface area contributed by atoms with Gasteiger partial charge in [0.2, 0.25) is 5.89 Å². The molecule has 9 heteroatoms. The molecule has 0 fully saturated rings. The first kappa shape index (κ1) is 18.7. The van der Waals surface area contributed by atoms with Crippen molar-refractivity contribution in [3.63, 3.8) is 0 Å². The van der Waals surface area contributed by atoms with Crippen LogP contribution in [0.5, 0.6) is 0 Å². The number of nitrogens with zero attached hydrogens (tertiary/aromatic N) is 1. The van der Waals surface area contributed by atoms with Crippen LogP contribution in [0.1, 0.15) is 17.6 Å². The first-order chi connectivity index (χ1) is 11.5. The Bertz CT molecular complexity index is 679. The molecular weight excluding hydrogens is 360 g/mol. The van der Waals surface area contributed by atoms with Crippen LogP contribution in [0.3, 0.4) is 0 Å². The van der Waals surface area contributed by atoms with E-state index in [9.17, 15) is 14.3 Å². The summed E-state index contributed by atoms with van der Waals surface area (Å²) in [5.41, 5.74) is 6.58. The number of benzene rings is 1. The van der Waals surface area contributed by atoms with Crippen LogP contribution in [-0.4, -0.2) is 33.6 Å². The second-order valence-corrected chi connectivity index (χ2v) is 6.06. The zero-order chi connectivity index (χ0) is 17.7. The first-order valence-electron chi connectivity index (χ1n) is 7.04. The van der Waals surface area contributed by atoms with Crippen molar-refractivity contribution in [2.24, 2.45) is 5.73 Å². The van der Waals surface area contributed by atoms with Crippen molar-refractivity contribution < 1.29 is 18.7 Å². The van der Waals surface area contributed by atoms with Gasteiger partial charge in [0.05, 0.1) is 18.8 Å². The summed E-state index contributed by atoms with van der Waals surface area (Å²) in [6, 6.07) is 5.40. The monoisotopic (exact) mass is 375 g/mol. The lowest BCUT2D eigenvalue weighted by molar-refractivity contribution is -0.121. The van der Waals surface area contributed by atoms with Gasteiger partial charge in [-0.15, -0.1) is 0 Å². The van der Waals surface area contributed by atoms with Crippen LogP contribution in [0.15, 0.2) is 34.9 Å². The van der Waals surface area contributed by atoms with Crippen LogP contribution >= 0.6 is 23.2 Å². The van der Waals surface area contributed by atoms with Gasteiger partial charge in [-0.2, -0.15) is 0 Å². The number of aliphatic hydroxyl groups excluding tert-OH is 1. The number of halogens is 3. The van der Waals surface area contributed by atoms with E-state index >= 15 is 0 Å². The van der Waals surface area contributed by atoms with Gasteiger partial charge in [-0.1, -0.05) is 47.5 Å². The van der Waals surface area contributed by atoms with Crippen molar-refractivity contribution in [1.82, 2.24) is 10.3 Å². The largest absolute Gasteiger partial charge is 0.439 e. The minimum atomic E-state index is -1.34. The molecule has 6 nitrogen and oxygen atoms in total. The maximum absolute atomic E-state index is 13.1. The quantitative estimate of drug-likeness (QED) is 0.643. The summed E-state index contributed by atoms with van der Waals surface area (Å²) in [6.07, 6.45) is 0.286. The Balaban J connectivity index is 2.12. The number of aliphatic hydroxyl groups is 1. The fourth-order valence-electron chi connectivity index (χ4n) is 2.06. The molecule has 0 saturated heterocycles. The van der Waals surface area contributed by atoms with E-state index in [1.807, 2.05) is 0 Å². The number of carbonyl (C=O) groups is 1. The lowest BCUT2D eigenvalue weighted by Crippen LogP contribution is -2.43. The van der Waals surface area contributed by atoms with Crippen molar-refractivity contribution in [2.75, 3.05) is 6.67 Å². The van der Waals surface area contributed by atoms with Crippen molar-refractivity contribution in [3.8, 4) is 11.3 Å². The Morgan fingerprint density at radius 3 is 2.54 bits per heavy atom. The zero-order valence-electron chi connectivity index (χ0n) is 12.5. The smallest absolute Gasteiger partial charge is 0.253 e. The molecule has 1 amide bonds. The van der Waals surface area contributed by atoms with Gasteiger partial charge in [0.25, 0.3) is 5.91 Å². The van der Waals surface area contributed by atoms with E-state index in [0.717, 1.165) is 5.56 Å². The standard InChI is InChI=1S/C15H16Cl2FN3O3/c16-14(17)15(23)21-10(5-18)13(22)9-3-1-8(2-4-9)11-7-20-12(6-19)24-11/h1-4,7,10,13-14,22H,5-6,19H2,(H,21,23)/t10-,13+/m1/s1. The molecule has 0 spiro atoms. The summed E-state index contributed by atoms with van der Waals surface area (Å²) in [7, 11) is 0. The zero-order valence-corrected chi connectivity index (χ0v) is 14.0. The maximum atomic E-state index is 13.1. The molecule has 1 aromatic carbocycles. The third-order valence-corrected chi connectivity index (χ3v) is 3.73. The van der Waals surface area contributed by atoms with E-state index in [-0.39, 0.29) is 6.54 Å². The predicted octanol–water partition coefficient (Wildman–Crippen LogP) is 2.09. The number of hydrogen-bond donors (Lipinski definition) is 3. The van der Waals surface area contributed by atoms with Crippen LogP contribution in [0, 0.1) is 0 Å². The third-order valence-electron chi connectivity index (χ3n) is 3.34. The summed E-state index contributed by atoms with van der Waals surface area (Å²) in [6.45, 7) is -0.784. The number of aromatic nitrogens is 1. The topological polar surface area (TPSA) is 101 Å². The molecule has 1 aromatic heterocycles. The van der Waals surface area contributed by atoms with E-state index in [4.69, 9.17) is 33.4 Å². The molecule has 0 aliphatic heterocycles. The highest BCUT2D eigenvalue weighted by Gasteiger charge is 2.25. The summed E-state index contributed by atoms with van der Waals surface area (Å²) < 4.78 is 18.5. The third kappa shape index (κ3) is 4.45. The summed E-state index contributed by atoms with van der Waals surface area (Å²) in [5.74, 6) is 0.164. The Morgan fingerprint density at radius 1 is 1.38 bits per heavy atom. The molecule has 0 radical (unpaired) electrons. The molecule has 0 aliphatic carbocycles. The molecule has 4 N–H and O–H groups in total. The van der Waals surface area contributed by atoms with Gasteiger partial charge in [-0.3, -0.25) is 4.79 Å². The second-order valence-electron chi connectivity index (χ2n) is 4.96. The summed E-state index contributed by atoms with van der Waals surface area (Å²) in [4.78, 5) is 14.1. The fraction of sp³-hybridized carbons (Fsp3) is 0.333. The number of hydrogen-bond acceptors (Lipinski definition) is 5. The SMILES string of the molecule is NCc1ncc(-c2ccc([C@H](O)[C@@H](CF)NC(=O)C(Cl)Cl)cc2)o1. The van der Waals surface area contributed by atoms with Crippen molar-refractivity contribution in [3.05, 3.63) is 41.9 Å². The van der Waals surface area contributed by atoms with E-state index in [0.29, 0.717) is 17.2 Å². The number of carbonyl (C=O) groups excluding carboxylic acids is 1. The molecule has 1 heterocycles. The number of oxazole rings is 1. The number of nitrogens with two attached hydrogens (primary N) is 1. The summed E-state index contributed by atoms with van der Waals surface area (Å²) >= 11 is 10.8. The van der Waals surface area contributed by atoms with Gasteiger partial charge in [-0.25, -0.2) is 9.37 Å². The molecule has 0 aliphatic rings. The molecule has 0 saturated carbocycles. The van der Waals surface area contributed by atoms with Crippen LogP contribution in [0.4, 0.5) is 4.39 Å². The molecular formula is C15H16Cl2FN3O3. The molecule has 24 heavy (non-hydrogen) atoms. The fourth-order valence-corrected chi connectivity index (χ4v) is 2.19. The lowest BCUT2D eigenvalue weighted by Gasteiger charge is -2.22. The predicted molar refractivity (Wildman–Crippen MR) is 88.2 cm³/mol. The number of nitrogens with one attached hydrogen (secondary N) is 1. The van der Waals surface area contributed by atoms with Gasteiger partial charge in [-0.05, 0) is 5.56 Å². The Morgan fingerprint density at radius 2 is 2.04 bits per heavy atom. The molecule has 2 rings (SSSR count). The average molecular weight is 376 g/mol. The molecule has 0 bridgehead atoms. The molecule has 2 aromatic rings. The van der Waals surface area contributed by atoms with Crippen molar-refractivity contribution >= 4 is 29.1 Å². The Labute approximate surface area is 147 Å². The van der Waals surface area contributed by atoms with Gasteiger partial charge in [0.1, 0.15) is 12.8 Å². The van der Waals surface area contributed by atoms with Crippen LogP contribution in [-0.2, 0) is 11.3 Å². The van der Waals surface area contributed by atoms with Crippen molar-refractivity contribution in [1.29, 1.82) is 0 Å². The highest BCUT2D eigenvalue weighted by atomic mass is 35.5. The van der Waals surface area contributed by atoms with Gasteiger partial charge >= 0.3 is 0 Å². The Kier molecular flexibility index (Phi) is 6.56. The van der Waals surface area contributed by atoms with Crippen LogP contribution in [0.25, 0.3) is 11.3 Å². The van der Waals surface area contributed by atoms with Crippen LogP contribution in [0.2, 0.25) is 0 Å². The van der Waals surface area contributed by atoms with Gasteiger partial charge < -0.3 is 20.6 Å². The lowest BCUT2D eigenvalue weighted by atomic mass is 10.0. The Hall–Kier alpha value is -1.67. The van der Waals surface area contributed by atoms with E-state index in [1.54, 1.807) is 30.5 Å². The minimum absolute atomic E-state index is 0.191. The van der Waals surface area contributed by atoms with E-state index < -0.39 is 29.6 Å². The maximum Gasteiger partial charge on any atom is 0.253 e. The van der Waals surface area contributed by atoms with E-state index in [1.165, 1.54) is 0 Å². The van der Waals surface area contributed by atoms with E-state index in [2.05, 4.69) is 10.3 Å². The minimum Gasteiger partial charge on any atom is -0.439 e. The van der Waals surface area contributed by atoms with Crippen LogP contribution < -0.4 is 11.1 Å². The molecule has 0 unspecified atom stereocenters. The molecule has 2 atom stereocenters. The normalized spacial score (nSPS) is 13.8.